The van der Waals surface area contributed by atoms with E-state index in [1.54, 1.807) is 12.1 Å². The van der Waals surface area contributed by atoms with E-state index in [-0.39, 0.29) is 0 Å². The van der Waals surface area contributed by atoms with Crippen LogP contribution in [0.25, 0.3) is 0 Å². The van der Waals surface area contributed by atoms with E-state index < -0.39 is 5.97 Å². The minimum atomic E-state index is -0.890. The number of aryl methyl sites for hydroxylation is 1. The second-order valence-corrected chi connectivity index (χ2v) is 7.37. The lowest BCUT2D eigenvalue weighted by atomic mass is 10.1. The number of hydrogen-bond acceptors (Lipinski definition) is 3. The largest absolute Gasteiger partial charge is 0.478 e. The van der Waals surface area contributed by atoms with Gasteiger partial charge in [0.05, 0.1) is 5.56 Å². The molecular formula is C20H27NO2S. The number of rotatable bonds is 11. The molecule has 3 nitrogen and oxygen atoms in total. The van der Waals surface area contributed by atoms with E-state index in [1.807, 2.05) is 23.5 Å². The predicted molar refractivity (Wildman–Crippen MR) is 102 cm³/mol. The molecule has 0 bridgehead atoms. The van der Waals surface area contributed by atoms with Crippen molar-refractivity contribution in [3.05, 3.63) is 51.7 Å². The van der Waals surface area contributed by atoms with Crippen molar-refractivity contribution >= 4 is 23.0 Å². The van der Waals surface area contributed by atoms with Gasteiger partial charge >= 0.3 is 5.97 Å². The molecule has 1 aromatic carbocycles. The number of carboxylic acid groups (broad SMARTS) is 1. The summed E-state index contributed by atoms with van der Waals surface area (Å²) in [6, 6.07) is 11.3. The molecule has 0 aliphatic rings. The standard InChI is InChI=1S/C20H27NO2S/c1-2-3-4-5-6-7-8-18-13-14-19(24-18)15-21-17-11-9-16(10-12-17)20(22)23/h9-14,21H,2-8,15H2,1H3,(H,22,23). The molecule has 0 spiro atoms. The molecule has 0 saturated carbocycles. The van der Waals surface area contributed by atoms with Crippen LogP contribution in [0.15, 0.2) is 36.4 Å². The summed E-state index contributed by atoms with van der Waals surface area (Å²) in [5.74, 6) is -0.890. The van der Waals surface area contributed by atoms with Crippen LogP contribution in [0.3, 0.4) is 0 Å². The fraction of sp³-hybridized carbons (Fsp3) is 0.450. The summed E-state index contributed by atoms with van der Waals surface area (Å²) in [4.78, 5) is 13.6. The van der Waals surface area contributed by atoms with Crippen molar-refractivity contribution in [1.29, 1.82) is 0 Å². The number of nitrogens with one attached hydrogen (secondary N) is 1. The van der Waals surface area contributed by atoms with Crippen LogP contribution in [-0.2, 0) is 13.0 Å². The van der Waals surface area contributed by atoms with E-state index in [0.29, 0.717) is 5.56 Å². The van der Waals surface area contributed by atoms with Crippen LogP contribution in [0, 0.1) is 0 Å². The van der Waals surface area contributed by atoms with E-state index in [2.05, 4.69) is 24.4 Å². The lowest BCUT2D eigenvalue weighted by Gasteiger charge is -2.05. The Morgan fingerprint density at radius 2 is 1.62 bits per heavy atom. The number of hydrogen-bond donors (Lipinski definition) is 2. The first-order valence-corrected chi connectivity index (χ1v) is 9.65. The number of carboxylic acids is 1. The third kappa shape index (κ3) is 6.36. The Balaban J connectivity index is 1.70. The van der Waals surface area contributed by atoms with Gasteiger partial charge in [-0.1, -0.05) is 39.0 Å². The van der Waals surface area contributed by atoms with Gasteiger partial charge in [0, 0.05) is 22.0 Å². The third-order valence-electron chi connectivity index (χ3n) is 4.09. The number of unbranched alkanes of at least 4 members (excludes halogenated alkanes) is 5. The lowest BCUT2D eigenvalue weighted by molar-refractivity contribution is 0.0697. The Labute approximate surface area is 148 Å². The molecule has 1 heterocycles. The van der Waals surface area contributed by atoms with Gasteiger partial charge in [0.2, 0.25) is 0 Å². The highest BCUT2D eigenvalue weighted by molar-refractivity contribution is 7.12. The van der Waals surface area contributed by atoms with Crippen LogP contribution in [0.2, 0.25) is 0 Å². The highest BCUT2D eigenvalue weighted by Crippen LogP contribution is 2.21. The Kier molecular flexibility index (Phi) is 7.83. The zero-order valence-corrected chi connectivity index (χ0v) is 15.2. The second-order valence-electron chi connectivity index (χ2n) is 6.12. The van der Waals surface area contributed by atoms with E-state index in [9.17, 15) is 4.79 Å². The van der Waals surface area contributed by atoms with Gasteiger partial charge in [0.25, 0.3) is 0 Å². The molecule has 2 aromatic rings. The van der Waals surface area contributed by atoms with Gasteiger partial charge in [-0.15, -0.1) is 11.3 Å². The summed E-state index contributed by atoms with van der Waals surface area (Å²) in [6.07, 6.45) is 9.21. The molecule has 0 saturated heterocycles. The van der Waals surface area contributed by atoms with Crippen molar-refractivity contribution in [2.75, 3.05) is 5.32 Å². The van der Waals surface area contributed by atoms with Gasteiger partial charge in [0.1, 0.15) is 0 Å². The van der Waals surface area contributed by atoms with Gasteiger partial charge in [0.15, 0.2) is 0 Å². The maximum absolute atomic E-state index is 10.8. The molecule has 2 N–H and O–H groups in total. The molecule has 24 heavy (non-hydrogen) atoms. The molecule has 1 aromatic heterocycles. The Morgan fingerprint density at radius 1 is 0.958 bits per heavy atom. The number of benzene rings is 1. The fourth-order valence-electron chi connectivity index (χ4n) is 2.65. The maximum atomic E-state index is 10.8. The molecule has 4 heteroatoms. The molecule has 130 valence electrons. The normalized spacial score (nSPS) is 10.7. The third-order valence-corrected chi connectivity index (χ3v) is 5.24. The smallest absolute Gasteiger partial charge is 0.335 e. The lowest BCUT2D eigenvalue weighted by Crippen LogP contribution is -1.99. The minimum absolute atomic E-state index is 0.317. The Hall–Kier alpha value is -1.81. The monoisotopic (exact) mass is 345 g/mol. The quantitative estimate of drug-likeness (QED) is 0.494. The number of anilines is 1. The zero-order valence-electron chi connectivity index (χ0n) is 14.4. The van der Waals surface area contributed by atoms with Crippen LogP contribution >= 0.6 is 11.3 Å². The molecule has 0 aliphatic heterocycles. The molecule has 2 rings (SSSR count). The number of carbonyl (C=O) groups is 1. The number of thiophene rings is 1. The van der Waals surface area contributed by atoms with E-state index in [1.165, 1.54) is 54.7 Å². The van der Waals surface area contributed by atoms with Crippen LogP contribution in [0.1, 0.15) is 65.6 Å². The highest BCUT2D eigenvalue weighted by Gasteiger charge is 2.03. The summed E-state index contributed by atoms with van der Waals surface area (Å²) in [5, 5.41) is 12.2. The van der Waals surface area contributed by atoms with Crippen LogP contribution in [-0.4, -0.2) is 11.1 Å². The average molecular weight is 346 g/mol. The zero-order chi connectivity index (χ0) is 17.2. The molecule has 0 fully saturated rings. The first-order chi connectivity index (χ1) is 11.7. The summed E-state index contributed by atoms with van der Waals surface area (Å²) in [7, 11) is 0. The van der Waals surface area contributed by atoms with Crippen LogP contribution in [0.5, 0.6) is 0 Å². The Morgan fingerprint density at radius 3 is 2.33 bits per heavy atom. The van der Waals surface area contributed by atoms with Crippen molar-refractivity contribution in [2.45, 2.75) is 58.4 Å². The Bertz CT molecular complexity index is 619. The SMILES string of the molecule is CCCCCCCCc1ccc(CNc2ccc(C(=O)O)cc2)s1. The van der Waals surface area contributed by atoms with E-state index >= 15 is 0 Å². The first-order valence-electron chi connectivity index (χ1n) is 8.84. The van der Waals surface area contributed by atoms with Gasteiger partial charge in [-0.25, -0.2) is 4.79 Å². The van der Waals surface area contributed by atoms with E-state index in [4.69, 9.17) is 5.11 Å². The predicted octanol–water partition coefficient (Wildman–Crippen LogP) is 5.96. The highest BCUT2D eigenvalue weighted by atomic mass is 32.1. The molecule has 0 unspecified atom stereocenters. The van der Waals surface area contributed by atoms with Gasteiger partial charge < -0.3 is 10.4 Å². The average Bonchev–Trinajstić information content (AvgIpc) is 3.04. The van der Waals surface area contributed by atoms with Gasteiger partial charge in [-0.3, -0.25) is 0 Å². The molecule has 0 aliphatic carbocycles. The molecule has 0 amide bonds. The topological polar surface area (TPSA) is 49.3 Å². The van der Waals surface area contributed by atoms with Crippen molar-refractivity contribution in [1.82, 2.24) is 0 Å². The van der Waals surface area contributed by atoms with Crippen molar-refractivity contribution in [2.24, 2.45) is 0 Å². The summed E-state index contributed by atoms with van der Waals surface area (Å²) >= 11 is 1.87. The summed E-state index contributed by atoms with van der Waals surface area (Å²) in [6.45, 7) is 3.04. The van der Waals surface area contributed by atoms with Gasteiger partial charge in [-0.2, -0.15) is 0 Å². The number of aromatic carboxylic acids is 1. The first kappa shape index (κ1) is 18.5. The van der Waals surface area contributed by atoms with Crippen molar-refractivity contribution in [3.63, 3.8) is 0 Å². The van der Waals surface area contributed by atoms with E-state index in [0.717, 1.165) is 12.2 Å². The summed E-state index contributed by atoms with van der Waals surface area (Å²) < 4.78 is 0. The van der Waals surface area contributed by atoms with Crippen LogP contribution < -0.4 is 5.32 Å². The van der Waals surface area contributed by atoms with Crippen LogP contribution in [0.4, 0.5) is 5.69 Å². The molecule has 0 radical (unpaired) electrons. The second kappa shape index (κ2) is 10.1. The molecule has 0 atom stereocenters. The minimum Gasteiger partial charge on any atom is -0.478 e. The molecular weight excluding hydrogens is 318 g/mol. The van der Waals surface area contributed by atoms with Gasteiger partial charge in [-0.05, 0) is 49.2 Å². The fourth-order valence-corrected chi connectivity index (χ4v) is 3.65. The summed E-state index contributed by atoms with van der Waals surface area (Å²) in [5.41, 5.74) is 1.27. The van der Waals surface area contributed by atoms with Crippen molar-refractivity contribution < 1.29 is 9.90 Å². The maximum Gasteiger partial charge on any atom is 0.335 e. The van der Waals surface area contributed by atoms with Crippen molar-refractivity contribution in [3.8, 4) is 0 Å².